The third kappa shape index (κ3) is 2.86. The second-order valence-electron chi connectivity index (χ2n) is 6.62. The van der Waals surface area contributed by atoms with Crippen LogP contribution in [-0.2, 0) is 19.4 Å². The maximum atomic E-state index is 12.7. The molecule has 0 unspecified atom stereocenters. The van der Waals surface area contributed by atoms with E-state index in [0.717, 1.165) is 37.1 Å². The number of carbonyl (C=O) groups is 1. The molecule has 0 radical (unpaired) electrons. The summed E-state index contributed by atoms with van der Waals surface area (Å²) in [6.45, 7) is 2.75. The summed E-state index contributed by atoms with van der Waals surface area (Å²) in [4.78, 5) is 25.4. The van der Waals surface area contributed by atoms with Crippen LogP contribution in [0, 0.1) is 0 Å². The zero-order valence-corrected chi connectivity index (χ0v) is 14.1. The summed E-state index contributed by atoms with van der Waals surface area (Å²) in [5.41, 5.74) is 2.17. The first-order valence-electron chi connectivity index (χ1n) is 8.62. The molecule has 1 aromatic carbocycles. The second kappa shape index (κ2) is 6.24. The molecule has 3 heterocycles. The minimum absolute atomic E-state index is 0.0439. The minimum atomic E-state index is -0.306. The van der Waals surface area contributed by atoms with E-state index in [4.69, 9.17) is 4.42 Å². The van der Waals surface area contributed by atoms with Crippen molar-refractivity contribution in [3.63, 3.8) is 0 Å². The molecule has 0 fully saturated rings. The Labute approximate surface area is 145 Å². The van der Waals surface area contributed by atoms with Crippen molar-refractivity contribution in [2.75, 3.05) is 0 Å². The van der Waals surface area contributed by atoms with Gasteiger partial charge in [0.05, 0.1) is 11.8 Å². The molecule has 1 atom stereocenters. The van der Waals surface area contributed by atoms with Gasteiger partial charge in [-0.1, -0.05) is 12.1 Å². The van der Waals surface area contributed by atoms with Gasteiger partial charge in [-0.3, -0.25) is 9.59 Å². The number of pyridine rings is 1. The lowest BCUT2D eigenvalue weighted by Crippen LogP contribution is -2.36. The maximum Gasteiger partial charge on any atom is 0.256 e. The lowest BCUT2D eigenvalue weighted by Gasteiger charge is -2.14. The zero-order chi connectivity index (χ0) is 17.4. The number of benzene rings is 1. The number of nitrogens with one attached hydrogen (secondary N) is 1. The van der Waals surface area contributed by atoms with Crippen LogP contribution in [0.4, 0.5) is 0 Å². The predicted octanol–water partition coefficient (Wildman–Crippen LogP) is 2.90. The number of para-hydroxylation sites is 1. The number of rotatable bonds is 5. The van der Waals surface area contributed by atoms with Crippen molar-refractivity contribution < 1.29 is 9.21 Å². The summed E-state index contributed by atoms with van der Waals surface area (Å²) in [6, 6.07) is 9.47. The summed E-state index contributed by atoms with van der Waals surface area (Å²) in [5, 5.41) is 3.57. The fraction of sp³-hybridized carbons (Fsp3) is 0.300. The van der Waals surface area contributed by atoms with Crippen LogP contribution in [0.25, 0.3) is 10.9 Å². The van der Waals surface area contributed by atoms with Crippen LogP contribution in [0.15, 0.2) is 52.0 Å². The number of aromatic nitrogens is 1. The van der Waals surface area contributed by atoms with Gasteiger partial charge in [0, 0.05) is 30.6 Å². The van der Waals surface area contributed by atoms with Gasteiger partial charge in [0.2, 0.25) is 5.43 Å². The number of furan rings is 1. The van der Waals surface area contributed by atoms with E-state index in [1.54, 1.807) is 18.5 Å². The lowest BCUT2D eigenvalue weighted by atomic mass is 10.1. The molecule has 1 amide bonds. The first-order chi connectivity index (χ1) is 12.1. The van der Waals surface area contributed by atoms with E-state index in [2.05, 4.69) is 5.32 Å². The van der Waals surface area contributed by atoms with Crippen molar-refractivity contribution in [1.82, 2.24) is 9.88 Å². The van der Waals surface area contributed by atoms with Gasteiger partial charge in [0.15, 0.2) is 0 Å². The van der Waals surface area contributed by atoms with Crippen molar-refractivity contribution >= 4 is 16.8 Å². The fourth-order valence-corrected chi connectivity index (χ4v) is 3.51. The molecule has 128 valence electrons. The van der Waals surface area contributed by atoms with E-state index >= 15 is 0 Å². The molecule has 3 aromatic rings. The molecule has 5 heteroatoms. The second-order valence-corrected chi connectivity index (χ2v) is 6.62. The molecular weight excluding hydrogens is 316 g/mol. The summed E-state index contributed by atoms with van der Waals surface area (Å²) in [6.07, 6.45) is 5.76. The maximum absolute atomic E-state index is 12.7. The molecule has 1 aliphatic heterocycles. The third-order valence-corrected chi connectivity index (χ3v) is 4.83. The molecule has 0 bridgehead atoms. The molecular formula is C20H20N2O3. The van der Waals surface area contributed by atoms with Crippen molar-refractivity contribution in [1.29, 1.82) is 0 Å². The van der Waals surface area contributed by atoms with Crippen LogP contribution >= 0.6 is 0 Å². The topological polar surface area (TPSA) is 64.2 Å². The summed E-state index contributed by atoms with van der Waals surface area (Å²) in [5.74, 6) is 0.590. The number of aryl methyl sites for hydroxylation is 3. The number of carbonyl (C=O) groups excluding carboxylic acids is 1. The van der Waals surface area contributed by atoms with E-state index in [1.165, 1.54) is 5.56 Å². The highest BCUT2D eigenvalue weighted by Gasteiger charge is 2.21. The number of amides is 1. The molecule has 0 spiro atoms. The van der Waals surface area contributed by atoms with Crippen LogP contribution in [0.1, 0.15) is 35.0 Å². The number of hydrogen-bond acceptors (Lipinski definition) is 3. The molecule has 0 saturated carbocycles. The Hall–Kier alpha value is -2.82. The lowest BCUT2D eigenvalue weighted by molar-refractivity contribution is 0.0936. The highest BCUT2D eigenvalue weighted by atomic mass is 16.3. The molecule has 5 nitrogen and oxygen atoms in total. The quantitative estimate of drug-likeness (QED) is 0.779. The van der Waals surface area contributed by atoms with Crippen molar-refractivity contribution in [3.8, 4) is 0 Å². The highest BCUT2D eigenvalue weighted by molar-refractivity contribution is 5.98. The Kier molecular flexibility index (Phi) is 3.92. The number of nitrogens with zero attached hydrogens (tertiary/aromatic N) is 1. The summed E-state index contributed by atoms with van der Waals surface area (Å²) >= 11 is 0. The molecule has 4 rings (SSSR count). The van der Waals surface area contributed by atoms with Crippen LogP contribution in [0.3, 0.4) is 0 Å². The van der Waals surface area contributed by atoms with Gasteiger partial charge in [-0.2, -0.15) is 0 Å². The molecule has 25 heavy (non-hydrogen) atoms. The van der Waals surface area contributed by atoms with E-state index in [1.807, 2.05) is 35.8 Å². The third-order valence-electron chi connectivity index (χ3n) is 4.83. The first kappa shape index (κ1) is 15.7. The van der Waals surface area contributed by atoms with Crippen LogP contribution in [-0.4, -0.2) is 16.5 Å². The first-order valence-corrected chi connectivity index (χ1v) is 8.62. The van der Waals surface area contributed by atoms with Crippen LogP contribution < -0.4 is 10.7 Å². The van der Waals surface area contributed by atoms with Gasteiger partial charge in [-0.25, -0.2) is 0 Å². The Morgan fingerprint density at radius 2 is 2.20 bits per heavy atom. The van der Waals surface area contributed by atoms with Gasteiger partial charge >= 0.3 is 0 Å². The number of hydrogen-bond donors (Lipinski definition) is 1. The van der Waals surface area contributed by atoms with Crippen molar-refractivity contribution in [3.05, 3.63) is 69.9 Å². The van der Waals surface area contributed by atoms with Gasteiger partial charge in [0.1, 0.15) is 11.3 Å². The minimum Gasteiger partial charge on any atom is -0.469 e. The smallest absolute Gasteiger partial charge is 0.256 e. The Morgan fingerprint density at radius 3 is 3.00 bits per heavy atom. The Morgan fingerprint density at radius 1 is 1.32 bits per heavy atom. The normalized spacial score (nSPS) is 14.0. The standard InChI is InChI=1S/C20H20N2O3/c1-13(7-8-15-5-3-11-25-15)21-20(24)17-12-22-10-9-14-4-2-6-16(18(14)22)19(17)23/h2-6,11-13H,7-10H2,1H3,(H,21,24)/t13-/m1/s1. The van der Waals surface area contributed by atoms with Crippen LogP contribution in [0.5, 0.6) is 0 Å². The van der Waals surface area contributed by atoms with Crippen molar-refractivity contribution in [2.24, 2.45) is 0 Å². The largest absolute Gasteiger partial charge is 0.469 e. The summed E-state index contributed by atoms with van der Waals surface area (Å²) in [7, 11) is 0. The fourth-order valence-electron chi connectivity index (χ4n) is 3.51. The molecule has 2 aromatic heterocycles. The molecule has 0 saturated heterocycles. The molecule has 0 aliphatic carbocycles. The average Bonchev–Trinajstić information content (AvgIpc) is 3.26. The van der Waals surface area contributed by atoms with E-state index < -0.39 is 0 Å². The predicted molar refractivity (Wildman–Crippen MR) is 95.9 cm³/mol. The summed E-state index contributed by atoms with van der Waals surface area (Å²) < 4.78 is 7.33. The zero-order valence-electron chi connectivity index (χ0n) is 14.1. The van der Waals surface area contributed by atoms with Crippen LogP contribution in [0.2, 0.25) is 0 Å². The SMILES string of the molecule is C[C@H](CCc1ccco1)NC(=O)c1cn2c3c(cccc3c1=O)CC2. The van der Waals surface area contributed by atoms with Crippen molar-refractivity contribution in [2.45, 2.75) is 38.8 Å². The van der Waals surface area contributed by atoms with E-state index in [-0.39, 0.29) is 22.9 Å². The van der Waals surface area contributed by atoms with Gasteiger partial charge in [0.25, 0.3) is 5.91 Å². The highest BCUT2D eigenvalue weighted by Crippen LogP contribution is 2.23. The monoisotopic (exact) mass is 336 g/mol. The van der Waals surface area contributed by atoms with Gasteiger partial charge in [-0.05, 0) is 43.5 Å². The Bertz CT molecular complexity index is 986. The molecule has 1 N–H and O–H groups in total. The van der Waals surface area contributed by atoms with E-state index in [0.29, 0.717) is 5.39 Å². The Balaban J connectivity index is 1.55. The average molecular weight is 336 g/mol. The van der Waals surface area contributed by atoms with E-state index in [9.17, 15) is 9.59 Å². The van der Waals surface area contributed by atoms with Gasteiger partial charge < -0.3 is 14.3 Å². The molecule has 1 aliphatic rings. The van der Waals surface area contributed by atoms with Gasteiger partial charge in [-0.15, -0.1) is 0 Å².